The largest absolute Gasteiger partial charge is 0.495 e. The van der Waals surface area contributed by atoms with E-state index in [4.69, 9.17) is 4.74 Å². The Labute approximate surface area is 196 Å². The fraction of sp³-hybridized carbons (Fsp3) is 0.154. The number of para-hydroxylation sites is 2. The Kier molecular flexibility index (Phi) is 6.42. The minimum absolute atomic E-state index is 0.0651. The number of rotatable bonds is 5. The molecule has 1 aliphatic heterocycles. The summed E-state index contributed by atoms with van der Waals surface area (Å²) in [5.41, 5.74) is 3.01. The molecule has 0 saturated carbocycles. The molecule has 1 aliphatic rings. The fourth-order valence-corrected chi connectivity index (χ4v) is 4.20. The summed E-state index contributed by atoms with van der Waals surface area (Å²) in [4.78, 5) is 30.4. The van der Waals surface area contributed by atoms with Crippen LogP contribution in [0.1, 0.15) is 12.5 Å². The van der Waals surface area contributed by atoms with Crippen molar-refractivity contribution in [2.75, 3.05) is 23.5 Å². The Bertz CT molecular complexity index is 1160. The third-order valence-corrected chi connectivity index (χ3v) is 5.95. The second-order valence-electron chi connectivity index (χ2n) is 7.54. The predicted molar refractivity (Wildman–Crippen MR) is 131 cm³/mol. The molecule has 0 aromatic heterocycles. The molecule has 1 saturated heterocycles. The molecule has 0 N–H and O–H groups in total. The number of hydrogen-bond acceptors (Lipinski definition) is 3. The van der Waals surface area contributed by atoms with Gasteiger partial charge in [-0.15, -0.1) is 0 Å². The Morgan fingerprint density at radius 1 is 0.969 bits per heavy atom. The average Bonchev–Trinajstić information content (AvgIpc) is 2.81. The maximum atomic E-state index is 13.8. The summed E-state index contributed by atoms with van der Waals surface area (Å²) in [5.74, 6) is 0.208. The minimum Gasteiger partial charge on any atom is -0.495 e. The average molecular weight is 491 g/mol. The van der Waals surface area contributed by atoms with Crippen LogP contribution in [-0.2, 0) is 9.59 Å². The number of piperazine rings is 1. The number of ether oxygens (including phenoxy) is 1. The van der Waals surface area contributed by atoms with Gasteiger partial charge in [-0.25, -0.2) is 0 Å². The van der Waals surface area contributed by atoms with Gasteiger partial charge in [-0.1, -0.05) is 64.5 Å². The molecule has 32 heavy (non-hydrogen) atoms. The van der Waals surface area contributed by atoms with Crippen molar-refractivity contribution in [1.82, 2.24) is 0 Å². The van der Waals surface area contributed by atoms with Gasteiger partial charge in [-0.3, -0.25) is 19.4 Å². The van der Waals surface area contributed by atoms with Crippen molar-refractivity contribution >= 4 is 45.2 Å². The van der Waals surface area contributed by atoms with Crippen LogP contribution in [0.5, 0.6) is 5.75 Å². The molecular formula is C26H23BrN2O3. The zero-order valence-electron chi connectivity index (χ0n) is 17.9. The first-order chi connectivity index (χ1) is 15.5. The van der Waals surface area contributed by atoms with Crippen molar-refractivity contribution in [3.63, 3.8) is 0 Å². The predicted octanol–water partition coefficient (Wildman–Crippen LogP) is 5.31. The lowest BCUT2D eigenvalue weighted by molar-refractivity contribution is -0.127. The van der Waals surface area contributed by atoms with Gasteiger partial charge in [-0.2, -0.15) is 0 Å². The topological polar surface area (TPSA) is 49.9 Å². The van der Waals surface area contributed by atoms with E-state index < -0.39 is 6.04 Å². The molecule has 0 radical (unpaired) electrons. The van der Waals surface area contributed by atoms with Crippen LogP contribution in [-0.4, -0.2) is 31.5 Å². The molecule has 3 aromatic carbocycles. The highest BCUT2D eigenvalue weighted by Gasteiger charge is 2.42. The van der Waals surface area contributed by atoms with Crippen LogP contribution >= 0.6 is 15.9 Å². The molecule has 1 heterocycles. The van der Waals surface area contributed by atoms with Crippen molar-refractivity contribution in [2.45, 2.75) is 13.0 Å². The van der Waals surface area contributed by atoms with Gasteiger partial charge in [0.15, 0.2) is 0 Å². The third-order valence-electron chi connectivity index (χ3n) is 5.43. The Morgan fingerprint density at radius 3 is 2.31 bits per heavy atom. The van der Waals surface area contributed by atoms with E-state index in [2.05, 4.69) is 15.9 Å². The number of anilines is 2. The van der Waals surface area contributed by atoms with Crippen LogP contribution in [0.15, 0.2) is 88.9 Å². The number of halogens is 1. The molecule has 4 rings (SSSR count). The lowest BCUT2D eigenvalue weighted by atomic mass is 9.98. The minimum atomic E-state index is -0.775. The summed E-state index contributed by atoms with van der Waals surface area (Å²) in [6.07, 6.45) is 1.95. The van der Waals surface area contributed by atoms with Crippen LogP contribution in [0, 0.1) is 0 Å². The number of benzene rings is 3. The molecule has 1 unspecified atom stereocenters. The zero-order chi connectivity index (χ0) is 22.7. The molecule has 6 heteroatoms. The van der Waals surface area contributed by atoms with E-state index in [-0.39, 0.29) is 18.4 Å². The lowest BCUT2D eigenvalue weighted by Gasteiger charge is -2.41. The monoisotopic (exact) mass is 490 g/mol. The number of amides is 2. The van der Waals surface area contributed by atoms with Gasteiger partial charge in [0, 0.05) is 10.2 Å². The number of methoxy groups -OCH3 is 1. The van der Waals surface area contributed by atoms with Crippen LogP contribution in [0.2, 0.25) is 0 Å². The smallest absolute Gasteiger partial charge is 0.255 e. The van der Waals surface area contributed by atoms with Gasteiger partial charge in [-0.05, 0) is 54.5 Å². The maximum Gasteiger partial charge on any atom is 0.255 e. The summed E-state index contributed by atoms with van der Waals surface area (Å²) in [5, 5.41) is 0. The second-order valence-corrected chi connectivity index (χ2v) is 8.45. The quantitative estimate of drug-likeness (QED) is 0.486. The van der Waals surface area contributed by atoms with Gasteiger partial charge >= 0.3 is 0 Å². The van der Waals surface area contributed by atoms with E-state index in [9.17, 15) is 9.59 Å². The normalized spacial score (nSPS) is 17.0. The molecule has 2 amide bonds. The fourth-order valence-electron chi connectivity index (χ4n) is 3.93. The molecule has 0 bridgehead atoms. The highest BCUT2D eigenvalue weighted by molar-refractivity contribution is 9.10. The van der Waals surface area contributed by atoms with Crippen molar-refractivity contribution in [3.8, 4) is 5.75 Å². The van der Waals surface area contributed by atoms with Crippen LogP contribution in [0.3, 0.4) is 0 Å². The summed E-state index contributed by atoms with van der Waals surface area (Å²) in [6.45, 7) is 1.82. The van der Waals surface area contributed by atoms with Gasteiger partial charge in [0.1, 0.15) is 18.3 Å². The van der Waals surface area contributed by atoms with Gasteiger partial charge < -0.3 is 4.74 Å². The van der Waals surface area contributed by atoms with Crippen LogP contribution in [0.4, 0.5) is 11.4 Å². The molecule has 1 atom stereocenters. The Balaban J connectivity index is 1.81. The molecule has 0 spiro atoms. The highest BCUT2D eigenvalue weighted by Crippen LogP contribution is 2.34. The lowest BCUT2D eigenvalue weighted by Crippen LogP contribution is -2.61. The Morgan fingerprint density at radius 2 is 1.62 bits per heavy atom. The van der Waals surface area contributed by atoms with E-state index in [1.54, 1.807) is 24.1 Å². The molecule has 0 aliphatic carbocycles. The summed E-state index contributed by atoms with van der Waals surface area (Å²) >= 11 is 3.44. The van der Waals surface area contributed by atoms with E-state index >= 15 is 0 Å². The molecule has 3 aromatic rings. The van der Waals surface area contributed by atoms with Crippen LogP contribution < -0.4 is 14.5 Å². The van der Waals surface area contributed by atoms with Crippen molar-refractivity contribution in [2.24, 2.45) is 0 Å². The first kappa shape index (κ1) is 21.8. The van der Waals surface area contributed by atoms with E-state index in [1.807, 2.05) is 79.7 Å². The number of carbonyl (C=O) groups is 2. The maximum absolute atomic E-state index is 13.8. The number of hydrogen-bond donors (Lipinski definition) is 0. The zero-order valence-corrected chi connectivity index (χ0v) is 19.5. The second kappa shape index (κ2) is 9.40. The molecule has 1 fully saturated rings. The van der Waals surface area contributed by atoms with Gasteiger partial charge in [0.05, 0.1) is 12.8 Å². The Hall–Kier alpha value is -3.38. The van der Waals surface area contributed by atoms with Gasteiger partial charge in [0.25, 0.3) is 5.91 Å². The first-order valence-corrected chi connectivity index (χ1v) is 11.0. The van der Waals surface area contributed by atoms with E-state index in [1.165, 1.54) is 4.90 Å². The van der Waals surface area contributed by atoms with Gasteiger partial charge in [0.2, 0.25) is 5.91 Å². The van der Waals surface area contributed by atoms with E-state index in [0.29, 0.717) is 17.1 Å². The first-order valence-electron chi connectivity index (χ1n) is 10.2. The molecular weight excluding hydrogens is 468 g/mol. The summed E-state index contributed by atoms with van der Waals surface area (Å²) in [6, 6.07) is 23.7. The van der Waals surface area contributed by atoms with E-state index in [0.717, 1.165) is 15.6 Å². The molecule has 162 valence electrons. The molecule has 5 nitrogen and oxygen atoms in total. The third kappa shape index (κ3) is 4.32. The standard InChI is InChI=1S/C26H23BrN2O3/c1-18(16-19-8-4-3-5-9-19)25-26(31)28(22-10-6-7-11-23(22)32-2)17-24(30)29(25)21-14-12-20(27)13-15-21/h3-16,25H,17H2,1-2H3. The van der Waals surface area contributed by atoms with Crippen molar-refractivity contribution in [3.05, 3.63) is 94.5 Å². The highest BCUT2D eigenvalue weighted by atomic mass is 79.9. The number of nitrogens with zero attached hydrogens (tertiary/aromatic N) is 2. The summed E-state index contributed by atoms with van der Waals surface area (Å²) in [7, 11) is 1.56. The van der Waals surface area contributed by atoms with Crippen molar-refractivity contribution < 1.29 is 14.3 Å². The van der Waals surface area contributed by atoms with Crippen LogP contribution in [0.25, 0.3) is 6.08 Å². The van der Waals surface area contributed by atoms with Crippen molar-refractivity contribution in [1.29, 1.82) is 0 Å². The number of carbonyl (C=O) groups excluding carboxylic acids is 2. The summed E-state index contributed by atoms with van der Waals surface area (Å²) < 4.78 is 6.36. The SMILES string of the molecule is COc1ccccc1N1CC(=O)N(c2ccc(Br)cc2)C(C(C)=Cc2ccccc2)C1=O.